The molecule has 108 valence electrons. The molecule has 0 saturated heterocycles. The topological polar surface area (TPSA) is 48.4 Å². The van der Waals surface area contributed by atoms with Crippen molar-refractivity contribution in [2.75, 3.05) is 7.11 Å². The minimum Gasteiger partial charge on any atom is -0.469 e. The lowest BCUT2D eigenvalue weighted by molar-refractivity contribution is -0.151. The maximum Gasteiger partial charge on any atom is 0.312 e. The van der Waals surface area contributed by atoms with Crippen molar-refractivity contribution < 1.29 is 14.3 Å². The Morgan fingerprint density at radius 2 is 1.90 bits per heavy atom. The van der Waals surface area contributed by atoms with Crippen LogP contribution in [0.15, 0.2) is 42.6 Å². The Morgan fingerprint density at radius 1 is 1.19 bits per heavy atom. The number of carbonyl (C=O) groups excluding carboxylic acids is 1. The molecule has 0 saturated carbocycles. The minimum atomic E-state index is -0.716. The van der Waals surface area contributed by atoms with Gasteiger partial charge in [-0.1, -0.05) is 24.3 Å². The number of aromatic nitrogens is 1. The quantitative estimate of drug-likeness (QED) is 0.791. The molecule has 1 aromatic heterocycles. The molecule has 4 nitrogen and oxygen atoms in total. The first-order chi connectivity index (χ1) is 10.1. The molecule has 0 spiro atoms. The molecule has 21 heavy (non-hydrogen) atoms. The Morgan fingerprint density at radius 3 is 2.67 bits per heavy atom. The van der Waals surface area contributed by atoms with Crippen LogP contribution in [-0.4, -0.2) is 18.1 Å². The number of fused-ring (bicyclic) bond motifs is 2. The summed E-state index contributed by atoms with van der Waals surface area (Å²) < 4.78 is 10.9. The van der Waals surface area contributed by atoms with E-state index in [2.05, 4.69) is 4.98 Å². The van der Waals surface area contributed by atoms with Crippen molar-refractivity contribution in [1.82, 2.24) is 4.98 Å². The van der Waals surface area contributed by atoms with E-state index < -0.39 is 5.41 Å². The number of carbonyl (C=O) groups is 1. The number of rotatable bonds is 2. The molecule has 0 bridgehead atoms. The number of hydrogen-bond acceptors (Lipinski definition) is 4. The monoisotopic (exact) mass is 283 g/mol. The van der Waals surface area contributed by atoms with Crippen molar-refractivity contribution in [2.24, 2.45) is 5.41 Å². The first kappa shape index (κ1) is 13.6. The van der Waals surface area contributed by atoms with Crippen LogP contribution in [0.4, 0.5) is 0 Å². The van der Waals surface area contributed by atoms with Crippen LogP contribution < -0.4 is 4.74 Å². The normalized spacial score (nSPS) is 16.4. The molecule has 1 aliphatic rings. The molecule has 0 aliphatic carbocycles. The summed E-state index contributed by atoms with van der Waals surface area (Å²) in [5.41, 5.74) is 1.17. The van der Waals surface area contributed by atoms with E-state index in [0.717, 1.165) is 16.9 Å². The highest BCUT2D eigenvalue weighted by atomic mass is 16.5. The minimum absolute atomic E-state index is 0.154. The molecule has 2 aromatic rings. The fourth-order valence-electron chi connectivity index (χ4n) is 2.95. The first-order valence-corrected chi connectivity index (χ1v) is 6.86. The SMILES string of the molecule is COC(=O)C(C)(C)C1c2ccccc2Oc2ncccc21. The van der Waals surface area contributed by atoms with Crippen LogP contribution in [0.5, 0.6) is 11.6 Å². The summed E-state index contributed by atoms with van der Waals surface area (Å²) in [5, 5.41) is 0. The van der Waals surface area contributed by atoms with Gasteiger partial charge in [0.05, 0.1) is 12.5 Å². The van der Waals surface area contributed by atoms with Crippen molar-refractivity contribution in [3.05, 3.63) is 53.7 Å². The van der Waals surface area contributed by atoms with Gasteiger partial charge in [-0.05, 0) is 26.0 Å². The maximum absolute atomic E-state index is 12.3. The Bertz CT molecular complexity index is 648. The van der Waals surface area contributed by atoms with Gasteiger partial charge >= 0.3 is 5.97 Å². The average molecular weight is 283 g/mol. The summed E-state index contributed by atoms with van der Waals surface area (Å²) in [6.07, 6.45) is 1.69. The Hall–Kier alpha value is -2.36. The average Bonchev–Trinajstić information content (AvgIpc) is 2.51. The Balaban J connectivity index is 2.22. The number of hydrogen-bond donors (Lipinski definition) is 0. The van der Waals surface area contributed by atoms with Crippen LogP contribution in [0.1, 0.15) is 30.9 Å². The zero-order valence-electron chi connectivity index (χ0n) is 12.3. The third kappa shape index (κ3) is 2.07. The van der Waals surface area contributed by atoms with Gasteiger partial charge in [-0.2, -0.15) is 0 Å². The smallest absolute Gasteiger partial charge is 0.312 e. The largest absolute Gasteiger partial charge is 0.469 e. The van der Waals surface area contributed by atoms with Crippen LogP contribution in [0.25, 0.3) is 0 Å². The number of nitrogens with zero attached hydrogens (tertiary/aromatic N) is 1. The predicted octanol–water partition coefficient (Wildman–Crippen LogP) is 3.52. The second-order valence-corrected chi connectivity index (χ2v) is 5.68. The van der Waals surface area contributed by atoms with Crippen molar-refractivity contribution in [3.63, 3.8) is 0 Å². The molecular formula is C17H17NO3. The van der Waals surface area contributed by atoms with E-state index >= 15 is 0 Å². The molecule has 3 rings (SSSR count). The fraction of sp³-hybridized carbons (Fsp3) is 0.294. The molecule has 1 unspecified atom stereocenters. The highest BCUT2D eigenvalue weighted by Crippen LogP contribution is 2.51. The summed E-state index contributed by atoms with van der Waals surface area (Å²) in [6.45, 7) is 3.78. The van der Waals surface area contributed by atoms with E-state index in [0.29, 0.717) is 5.88 Å². The molecule has 0 N–H and O–H groups in total. The van der Waals surface area contributed by atoms with Crippen LogP contribution in [0.2, 0.25) is 0 Å². The van der Waals surface area contributed by atoms with E-state index in [4.69, 9.17) is 9.47 Å². The van der Waals surface area contributed by atoms with E-state index in [1.165, 1.54) is 7.11 Å². The van der Waals surface area contributed by atoms with Gasteiger partial charge in [0.1, 0.15) is 5.75 Å². The van der Waals surface area contributed by atoms with Crippen molar-refractivity contribution in [1.29, 1.82) is 0 Å². The van der Waals surface area contributed by atoms with Gasteiger partial charge in [-0.25, -0.2) is 4.98 Å². The molecule has 2 heterocycles. The maximum atomic E-state index is 12.3. The number of benzene rings is 1. The standard InChI is InChI=1S/C17H17NO3/c1-17(2,16(19)20-3)14-11-7-4-5-9-13(11)21-15-12(14)8-6-10-18-15/h4-10,14H,1-3H3. The van der Waals surface area contributed by atoms with E-state index in [-0.39, 0.29) is 11.9 Å². The summed E-state index contributed by atoms with van der Waals surface area (Å²) in [5.74, 6) is 0.890. The summed E-state index contributed by atoms with van der Waals surface area (Å²) in [4.78, 5) is 16.6. The van der Waals surface area contributed by atoms with Crippen LogP contribution in [0, 0.1) is 5.41 Å². The van der Waals surface area contributed by atoms with Crippen molar-refractivity contribution >= 4 is 5.97 Å². The lowest BCUT2D eigenvalue weighted by Crippen LogP contribution is -2.35. The second kappa shape index (κ2) is 4.88. The number of pyridine rings is 1. The summed E-state index contributed by atoms with van der Waals surface area (Å²) >= 11 is 0. The molecule has 1 aliphatic heterocycles. The van der Waals surface area contributed by atoms with Crippen LogP contribution in [-0.2, 0) is 9.53 Å². The van der Waals surface area contributed by atoms with Crippen LogP contribution >= 0.6 is 0 Å². The molecule has 1 atom stereocenters. The number of para-hydroxylation sites is 1. The number of methoxy groups -OCH3 is 1. The summed E-state index contributed by atoms with van der Waals surface area (Å²) in [6, 6.07) is 11.6. The Kier molecular flexibility index (Phi) is 3.16. The van der Waals surface area contributed by atoms with Gasteiger partial charge in [0.15, 0.2) is 0 Å². The molecule has 0 radical (unpaired) electrons. The summed E-state index contributed by atoms with van der Waals surface area (Å²) in [7, 11) is 1.42. The van der Waals surface area contributed by atoms with Gasteiger partial charge in [0, 0.05) is 23.2 Å². The first-order valence-electron chi connectivity index (χ1n) is 6.86. The predicted molar refractivity (Wildman–Crippen MR) is 78.4 cm³/mol. The van der Waals surface area contributed by atoms with E-state index in [1.54, 1.807) is 6.20 Å². The molecule has 0 amide bonds. The lowest BCUT2D eigenvalue weighted by Gasteiger charge is -2.36. The zero-order chi connectivity index (χ0) is 15.0. The van der Waals surface area contributed by atoms with Crippen LogP contribution in [0.3, 0.4) is 0 Å². The van der Waals surface area contributed by atoms with E-state index in [1.807, 2.05) is 50.2 Å². The molecular weight excluding hydrogens is 266 g/mol. The highest BCUT2D eigenvalue weighted by Gasteiger charge is 2.44. The van der Waals surface area contributed by atoms with E-state index in [9.17, 15) is 4.79 Å². The van der Waals surface area contributed by atoms with Gasteiger partial charge in [-0.15, -0.1) is 0 Å². The second-order valence-electron chi connectivity index (χ2n) is 5.68. The highest BCUT2D eigenvalue weighted by molar-refractivity contribution is 5.79. The molecule has 0 fully saturated rings. The number of esters is 1. The lowest BCUT2D eigenvalue weighted by atomic mass is 9.70. The fourth-order valence-corrected chi connectivity index (χ4v) is 2.95. The van der Waals surface area contributed by atoms with Gasteiger partial charge in [0.2, 0.25) is 5.88 Å². The molecule has 1 aromatic carbocycles. The third-order valence-corrected chi connectivity index (χ3v) is 3.98. The Labute approximate surface area is 123 Å². The zero-order valence-corrected chi connectivity index (χ0v) is 12.3. The van der Waals surface area contributed by atoms with Crippen molar-refractivity contribution in [2.45, 2.75) is 19.8 Å². The van der Waals surface area contributed by atoms with Gasteiger partial charge in [-0.3, -0.25) is 4.79 Å². The van der Waals surface area contributed by atoms with Crippen molar-refractivity contribution in [3.8, 4) is 11.6 Å². The number of ether oxygens (including phenoxy) is 2. The van der Waals surface area contributed by atoms with Gasteiger partial charge < -0.3 is 9.47 Å². The van der Waals surface area contributed by atoms with Gasteiger partial charge in [0.25, 0.3) is 0 Å². The molecule has 4 heteroatoms. The third-order valence-electron chi connectivity index (χ3n) is 3.98.